The van der Waals surface area contributed by atoms with Crippen LogP contribution in [0.1, 0.15) is 10.4 Å². The van der Waals surface area contributed by atoms with Gasteiger partial charge in [-0.1, -0.05) is 6.07 Å². The number of anilines is 1. The Morgan fingerprint density at radius 1 is 1.28 bits per heavy atom. The van der Waals surface area contributed by atoms with E-state index in [-0.39, 0.29) is 17.2 Å². The fraction of sp³-hybridized carbons (Fsp3) is 0. The van der Waals surface area contributed by atoms with Crippen molar-refractivity contribution < 1.29 is 13.9 Å². The fourth-order valence-electron chi connectivity index (χ4n) is 1.39. The summed E-state index contributed by atoms with van der Waals surface area (Å²) < 4.78 is 18.7. The number of nitrogens with zero attached hydrogens (tertiary/aromatic N) is 1. The highest BCUT2D eigenvalue weighted by Crippen LogP contribution is 2.25. The first-order chi connectivity index (χ1) is 8.58. The van der Waals surface area contributed by atoms with Gasteiger partial charge in [0.05, 0.1) is 11.9 Å². The molecule has 0 aliphatic rings. The van der Waals surface area contributed by atoms with E-state index < -0.39 is 11.7 Å². The van der Waals surface area contributed by atoms with Crippen molar-refractivity contribution in [3.63, 3.8) is 0 Å². The first-order valence-electron chi connectivity index (χ1n) is 5.05. The van der Waals surface area contributed by atoms with E-state index in [1.54, 1.807) is 6.07 Å². The van der Waals surface area contributed by atoms with Gasteiger partial charge in [0.15, 0.2) is 0 Å². The van der Waals surface area contributed by atoms with Crippen LogP contribution in [-0.2, 0) is 0 Å². The van der Waals surface area contributed by atoms with E-state index in [1.807, 2.05) is 0 Å². The lowest BCUT2D eigenvalue weighted by atomic mass is 10.2. The predicted octanol–water partition coefficient (Wildman–Crippen LogP) is 1.69. The van der Waals surface area contributed by atoms with Gasteiger partial charge in [0.25, 0.3) is 5.91 Å². The average Bonchev–Trinajstić information content (AvgIpc) is 2.32. The summed E-state index contributed by atoms with van der Waals surface area (Å²) in [6.45, 7) is 0. The van der Waals surface area contributed by atoms with Crippen LogP contribution in [0.4, 0.5) is 10.1 Å². The number of rotatable bonds is 3. The maximum Gasteiger partial charge on any atom is 0.255 e. The third-order valence-electron chi connectivity index (χ3n) is 2.20. The standard InChI is InChI=1S/C12H10FN3O2/c13-8-2-1-3-9(11(8)12(15)17)18-10-5-4-7(14)6-16-10/h1-6H,14H2,(H2,15,17). The topological polar surface area (TPSA) is 91.2 Å². The molecule has 0 aliphatic carbocycles. The van der Waals surface area contributed by atoms with Gasteiger partial charge in [-0.3, -0.25) is 4.79 Å². The minimum absolute atomic E-state index is 0.0137. The molecular weight excluding hydrogens is 237 g/mol. The van der Waals surface area contributed by atoms with Crippen LogP contribution in [0.5, 0.6) is 11.6 Å². The molecule has 0 spiro atoms. The third-order valence-corrected chi connectivity index (χ3v) is 2.20. The largest absolute Gasteiger partial charge is 0.438 e. The summed E-state index contributed by atoms with van der Waals surface area (Å²) in [5, 5.41) is 0. The highest BCUT2D eigenvalue weighted by molar-refractivity contribution is 5.96. The maximum absolute atomic E-state index is 13.4. The lowest BCUT2D eigenvalue weighted by Crippen LogP contribution is -2.14. The van der Waals surface area contributed by atoms with Gasteiger partial charge in [0, 0.05) is 6.07 Å². The lowest BCUT2D eigenvalue weighted by Gasteiger charge is -2.08. The van der Waals surface area contributed by atoms with Crippen LogP contribution in [0.3, 0.4) is 0 Å². The van der Waals surface area contributed by atoms with E-state index in [4.69, 9.17) is 16.2 Å². The van der Waals surface area contributed by atoms with Gasteiger partial charge in [-0.2, -0.15) is 0 Å². The highest BCUT2D eigenvalue weighted by atomic mass is 19.1. The van der Waals surface area contributed by atoms with Gasteiger partial charge in [-0.25, -0.2) is 9.37 Å². The Bertz CT molecular complexity index is 584. The zero-order chi connectivity index (χ0) is 13.1. The van der Waals surface area contributed by atoms with Gasteiger partial charge in [0.2, 0.25) is 5.88 Å². The minimum atomic E-state index is -0.904. The number of aromatic nitrogens is 1. The van der Waals surface area contributed by atoms with E-state index >= 15 is 0 Å². The maximum atomic E-state index is 13.4. The predicted molar refractivity (Wildman–Crippen MR) is 63.6 cm³/mol. The molecule has 0 fully saturated rings. The Hall–Kier alpha value is -2.63. The van der Waals surface area contributed by atoms with Crippen molar-refractivity contribution in [2.45, 2.75) is 0 Å². The van der Waals surface area contributed by atoms with Crippen molar-refractivity contribution in [2.75, 3.05) is 5.73 Å². The number of nitrogen functional groups attached to an aromatic ring is 1. The molecule has 0 saturated heterocycles. The molecule has 1 heterocycles. The molecule has 1 aromatic carbocycles. The van der Waals surface area contributed by atoms with E-state index in [2.05, 4.69) is 4.98 Å². The van der Waals surface area contributed by atoms with Crippen molar-refractivity contribution >= 4 is 11.6 Å². The number of nitrogens with two attached hydrogens (primary N) is 2. The number of carbonyl (C=O) groups is 1. The van der Waals surface area contributed by atoms with Crippen LogP contribution in [-0.4, -0.2) is 10.9 Å². The molecular formula is C12H10FN3O2. The van der Waals surface area contributed by atoms with Crippen LogP contribution in [0, 0.1) is 5.82 Å². The number of carbonyl (C=O) groups excluding carboxylic acids is 1. The van der Waals surface area contributed by atoms with E-state index in [9.17, 15) is 9.18 Å². The second-order valence-electron chi connectivity index (χ2n) is 3.51. The first-order valence-corrected chi connectivity index (χ1v) is 5.05. The quantitative estimate of drug-likeness (QED) is 0.863. The second-order valence-corrected chi connectivity index (χ2v) is 3.51. The normalized spacial score (nSPS) is 10.1. The fourth-order valence-corrected chi connectivity index (χ4v) is 1.39. The van der Waals surface area contributed by atoms with E-state index in [0.717, 1.165) is 6.07 Å². The Labute approximate surface area is 102 Å². The molecule has 92 valence electrons. The minimum Gasteiger partial charge on any atom is -0.438 e. The van der Waals surface area contributed by atoms with Gasteiger partial charge >= 0.3 is 0 Å². The van der Waals surface area contributed by atoms with Crippen LogP contribution in [0.2, 0.25) is 0 Å². The summed E-state index contributed by atoms with van der Waals surface area (Å²) >= 11 is 0. The molecule has 1 aromatic heterocycles. The first kappa shape index (κ1) is 11.8. The number of benzene rings is 1. The van der Waals surface area contributed by atoms with Gasteiger partial charge in [-0.15, -0.1) is 0 Å². The smallest absolute Gasteiger partial charge is 0.255 e. The molecule has 5 nitrogen and oxygen atoms in total. The molecule has 2 aromatic rings. The third kappa shape index (κ3) is 2.37. The molecule has 18 heavy (non-hydrogen) atoms. The number of ether oxygens (including phenoxy) is 1. The van der Waals surface area contributed by atoms with Crippen molar-refractivity contribution in [1.82, 2.24) is 4.98 Å². The Kier molecular flexibility index (Phi) is 3.09. The van der Waals surface area contributed by atoms with E-state index in [1.165, 1.54) is 24.4 Å². The summed E-state index contributed by atoms with van der Waals surface area (Å²) in [6, 6.07) is 7.05. The zero-order valence-electron chi connectivity index (χ0n) is 9.26. The van der Waals surface area contributed by atoms with Crippen LogP contribution in [0.25, 0.3) is 0 Å². The molecule has 0 unspecified atom stereocenters. The molecule has 4 N–H and O–H groups in total. The molecule has 2 rings (SSSR count). The molecule has 0 saturated carbocycles. The Balaban J connectivity index is 2.37. The number of halogens is 1. The summed E-state index contributed by atoms with van der Waals surface area (Å²) in [5.41, 5.74) is 10.7. The molecule has 0 atom stereocenters. The van der Waals surface area contributed by atoms with Gasteiger partial charge < -0.3 is 16.2 Å². The van der Waals surface area contributed by atoms with Crippen molar-refractivity contribution in [1.29, 1.82) is 0 Å². The number of hydrogen-bond acceptors (Lipinski definition) is 4. The number of pyridine rings is 1. The van der Waals surface area contributed by atoms with Crippen LogP contribution < -0.4 is 16.2 Å². The Morgan fingerprint density at radius 2 is 2.06 bits per heavy atom. The molecule has 6 heteroatoms. The van der Waals surface area contributed by atoms with Crippen molar-refractivity contribution in [2.24, 2.45) is 5.73 Å². The number of primary amides is 1. The zero-order valence-corrected chi connectivity index (χ0v) is 9.26. The van der Waals surface area contributed by atoms with Gasteiger partial charge in [-0.05, 0) is 18.2 Å². The van der Waals surface area contributed by atoms with Crippen molar-refractivity contribution in [3.05, 3.63) is 47.9 Å². The van der Waals surface area contributed by atoms with Crippen LogP contribution >= 0.6 is 0 Å². The Morgan fingerprint density at radius 3 is 2.67 bits per heavy atom. The monoisotopic (exact) mass is 247 g/mol. The average molecular weight is 247 g/mol. The molecule has 0 radical (unpaired) electrons. The summed E-state index contributed by atoms with van der Waals surface area (Å²) in [4.78, 5) is 15.0. The van der Waals surface area contributed by atoms with Crippen LogP contribution in [0.15, 0.2) is 36.5 Å². The molecule has 0 aliphatic heterocycles. The number of hydrogen-bond donors (Lipinski definition) is 2. The lowest BCUT2D eigenvalue weighted by molar-refractivity contribution is 0.0994. The second kappa shape index (κ2) is 4.70. The summed E-state index contributed by atoms with van der Waals surface area (Å²) in [6.07, 6.45) is 1.39. The molecule has 1 amide bonds. The highest BCUT2D eigenvalue weighted by Gasteiger charge is 2.15. The SMILES string of the molecule is NC(=O)c1c(F)cccc1Oc1ccc(N)cn1. The molecule has 0 bridgehead atoms. The summed E-state index contributed by atoms with van der Waals surface area (Å²) in [7, 11) is 0. The van der Waals surface area contributed by atoms with E-state index in [0.29, 0.717) is 5.69 Å². The number of amides is 1. The van der Waals surface area contributed by atoms with Gasteiger partial charge in [0.1, 0.15) is 17.1 Å². The summed E-state index contributed by atoms with van der Waals surface area (Å²) in [5.74, 6) is -1.44. The van der Waals surface area contributed by atoms with Crippen molar-refractivity contribution in [3.8, 4) is 11.6 Å².